The van der Waals surface area contributed by atoms with Crippen LogP contribution in [0, 0.1) is 11.8 Å². The number of aliphatic hydroxyl groups is 1. The van der Waals surface area contributed by atoms with E-state index in [1.54, 1.807) is 0 Å². The fraction of sp³-hybridized carbons (Fsp3) is 1.00. The summed E-state index contributed by atoms with van der Waals surface area (Å²) in [6, 6.07) is 0. The summed E-state index contributed by atoms with van der Waals surface area (Å²) in [4.78, 5) is 0. The topological polar surface area (TPSA) is 44.3 Å². The lowest BCUT2D eigenvalue weighted by molar-refractivity contribution is 0.0766. The minimum atomic E-state index is -0.0415. The van der Waals surface area contributed by atoms with Gasteiger partial charge >= 0.3 is 0 Å². The van der Waals surface area contributed by atoms with Gasteiger partial charge in [0.05, 0.1) is 6.10 Å². The Labute approximate surface area is 92.6 Å². The molecule has 2 aliphatic rings. The van der Waals surface area contributed by atoms with Crippen LogP contribution >= 0.6 is 0 Å². The first-order chi connectivity index (χ1) is 7.36. The minimum Gasteiger partial charge on any atom is -0.393 e. The van der Waals surface area contributed by atoms with Gasteiger partial charge in [-0.05, 0) is 63.7 Å². The number of aliphatic hydroxyl groups excluding tert-OH is 1. The summed E-state index contributed by atoms with van der Waals surface area (Å²) in [6.07, 6.45) is 5.80. The van der Waals surface area contributed by atoms with E-state index in [2.05, 4.69) is 10.6 Å². The Hall–Kier alpha value is -0.120. The zero-order valence-corrected chi connectivity index (χ0v) is 9.54. The number of nitrogens with one attached hydrogen (secondary N) is 2. The molecule has 0 radical (unpaired) electrons. The Balaban J connectivity index is 1.56. The molecule has 0 aromatic heterocycles. The molecule has 2 rings (SSSR count). The summed E-state index contributed by atoms with van der Waals surface area (Å²) < 4.78 is 0. The summed E-state index contributed by atoms with van der Waals surface area (Å²) >= 11 is 0. The Morgan fingerprint density at radius 1 is 1.13 bits per heavy atom. The van der Waals surface area contributed by atoms with Gasteiger partial charge in [0.15, 0.2) is 0 Å². The molecule has 88 valence electrons. The maximum atomic E-state index is 10.0. The highest BCUT2D eigenvalue weighted by atomic mass is 16.3. The van der Waals surface area contributed by atoms with Crippen molar-refractivity contribution in [2.24, 2.45) is 11.8 Å². The predicted molar refractivity (Wildman–Crippen MR) is 61.8 cm³/mol. The largest absolute Gasteiger partial charge is 0.393 e. The van der Waals surface area contributed by atoms with E-state index in [1.165, 1.54) is 25.9 Å². The van der Waals surface area contributed by atoms with Crippen LogP contribution < -0.4 is 10.6 Å². The average Bonchev–Trinajstić information content (AvgIpc) is 2.23. The van der Waals surface area contributed by atoms with E-state index in [9.17, 15) is 5.11 Å². The van der Waals surface area contributed by atoms with E-state index in [1.807, 2.05) is 0 Å². The summed E-state index contributed by atoms with van der Waals surface area (Å²) in [6.45, 7) is 4.58. The van der Waals surface area contributed by atoms with E-state index in [-0.39, 0.29) is 6.10 Å². The number of hydrogen-bond donors (Lipinski definition) is 3. The monoisotopic (exact) mass is 212 g/mol. The van der Waals surface area contributed by atoms with E-state index in [0.29, 0.717) is 5.92 Å². The Morgan fingerprint density at radius 3 is 2.47 bits per heavy atom. The lowest BCUT2D eigenvalue weighted by atomic mass is 9.88. The zero-order valence-electron chi connectivity index (χ0n) is 9.54. The first-order valence-electron chi connectivity index (χ1n) is 6.46. The second kappa shape index (κ2) is 5.83. The zero-order chi connectivity index (χ0) is 10.5. The molecule has 0 saturated carbocycles. The molecule has 3 N–H and O–H groups in total. The van der Waals surface area contributed by atoms with Gasteiger partial charge in [0.2, 0.25) is 0 Å². The first kappa shape index (κ1) is 11.4. The van der Waals surface area contributed by atoms with Gasteiger partial charge in [-0.15, -0.1) is 0 Å². The van der Waals surface area contributed by atoms with E-state index in [4.69, 9.17) is 0 Å². The molecule has 0 amide bonds. The lowest BCUT2D eigenvalue weighted by Crippen LogP contribution is -2.42. The maximum Gasteiger partial charge on any atom is 0.0569 e. The summed E-state index contributed by atoms with van der Waals surface area (Å²) in [5, 5.41) is 16.7. The quantitative estimate of drug-likeness (QED) is 0.630. The maximum absolute atomic E-state index is 10.0. The van der Waals surface area contributed by atoms with Crippen LogP contribution in [0.3, 0.4) is 0 Å². The fourth-order valence-corrected chi connectivity index (χ4v) is 2.63. The van der Waals surface area contributed by atoms with Gasteiger partial charge in [0.1, 0.15) is 0 Å². The van der Waals surface area contributed by atoms with Crippen molar-refractivity contribution < 1.29 is 5.11 Å². The number of rotatable bonds is 5. The van der Waals surface area contributed by atoms with Crippen LogP contribution in [-0.4, -0.2) is 37.4 Å². The van der Waals surface area contributed by atoms with Gasteiger partial charge < -0.3 is 15.7 Å². The molecule has 3 heteroatoms. The Morgan fingerprint density at radius 2 is 1.87 bits per heavy atom. The Kier molecular flexibility index (Phi) is 4.42. The van der Waals surface area contributed by atoms with Crippen LogP contribution in [0.2, 0.25) is 0 Å². The van der Waals surface area contributed by atoms with Crippen molar-refractivity contribution in [3.63, 3.8) is 0 Å². The average molecular weight is 212 g/mol. The van der Waals surface area contributed by atoms with Gasteiger partial charge in [-0.25, -0.2) is 0 Å². The third-order valence-electron chi connectivity index (χ3n) is 3.91. The van der Waals surface area contributed by atoms with Gasteiger partial charge in [-0.3, -0.25) is 0 Å². The van der Waals surface area contributed by atoms with Crippen molar-refractivity contribution in [2.45, 2.75) is 38.2 Å². The molecule has 0 spiro atoms. The molecule has 2 heterocycles. The smallest absolute Gasteiger partial charge is 0.0569 e. The summed E-state index contributed by atoms with van der Waals surface area (Å²) in [5.41, 5.74) is 0. The van der Waals surface area contributed by atoms with Crippen molar-refractivity contribution >= 4 is 0 Å². The predicted octanol–water partition coefficient (Wildman–Crippen LogP) is 0.737. The normalized spacial score (nSPS) is 26.2. The lowest BCUT2D eigenvalue weighted by Gasteiger charge is -2.29. The highest BCUT2D eigenvalue weighted by Gasteiger charge is 2.22. The van der Waals surface area contributed by atoms with Crippen molar-refractivity contribution in [3.05, 3.63) is 0 Å². The molecule has 0 aromatic carbocycles. The molecule has 0 bridgehead atoms. The van der Waals surface area contributed by atoms with E-state index >= 15 is 0 Å². The molecule has 2 fully saturated rings. The Bertz CT molecular complexity index is 176. The van der Waals surface area contributed by atoms with Gasteiger partial charge in [-0.2, -0.15) is 0 Å². The molecule has 3 nitrogen and oxygen atoms in total. The van der Waals surface area contributed by atoms with E-state index in [0.717, 1.165) is 38.3 Å². The molecule has 1 atom stereocenters. The first-order valence-corrected chi connectivity index (χ1v) is 6.46. The van der Waals surface area contributed by atoms with Crippen molar-refractivity contribution in [1.82, 2.24) is 10.6 Å². The number of piperidine rings is 1. The van der Waals surface area contributed by atoms with E-state index < -0.39 is 0 Å². The third-order valence-corrected chi connectivity index (χ3v) is 3.91. The highest BCUT2D eigenvalue weighted by molar-refractivity contribution is 4.78. The van der Waals surface area contributed by atoms with Crippen molar-refractivity contribution in [1.29, 1.82) is 0 Å². The second-order valence-electron chi connectivity index (χ2n) is 5.11. The van der Waals surface area contributed by atoms with Gasteiger partial charge in [0, 0.05) is 0 Å². The van der Waals surface area contributed by atoms with Crippen LogP contribution in [0.15, 0.2) is 0 Å². The molecule has 0 aliphatic carbocycles. The van der Waals surface area contributed by atoms with Gasteiger partial charge in [0.25, 0.3) is 0 Å². The molecule has 2 aliphatic heterocycles. The van der Waals surface area contributed by atoms with Crippen LogP contribution in [-0.2, 0) is 0 Å². The third kappa shape index (κ3) is 3.44. The molecule has 2 saturated heterocycles. The molecule has 0 aromatic rings. The van der Waals surface area contributed by atoms with Crippen LogP contribution in [0.25, 0.3) is 0 Å². The number of hydrogen-bond acceptors (Lipinski definition) is 3. The SMILES string of the molecule is OC(CCCC1CNC1)C1CCNCC1. The highest BCUT2D eigenvalue weighted by Crippen LogP contribution is 2.21. The molecule has 15 heavy (non-hydrogen) atoms. The minimum absolute atomic E-state index is 0.0415. The fourth-order valence-electron chi connectivity index (χ4n) is 2.63. The molecular formula is C12H24N2O. The van der Waals surface area contributed by atoms with Crippen molar-refractivity contribution in [3.8, 4) is 0 Å². The second-order valence-corrected chi connectivity index (χ2v) is 5.11. The summed E-state index contributed by atoms with van der Waals surface area (Å²) in [7, 11) is 0. The van der Waals surface area contributed by atoms with Crippen LogP contribution in [0.5, 0.6) is 0 Å². The molecular weight excluding hydrogens is 188 g/mol. The van der Waals surface area contributed by atoms with Crippen molar-refractivity contribution in [2.75, 3.05) is 26.2 Å². The standard InChI is InChI=1S/C12H24N2O/c15-12(11-4-6-13-7-5-11)3-1-2-10-8-14-9-10/h10-15H,1-9H2. The van der Waals surface area contributed by atoms with Crippen LogP contribution in [0.4, 0.5) is 0 Å². The van der Waals surface area contributed by atoms with Gasteiger partial charge in [-0.1, -0.05) is 6.42 Å². The van der Waals surface area contributed by atoms with Crippen LogP contribution in [0.1, 0.15) is 32.1 Å². The molecule has 1 unspecified atom stereocenters. The summed E-state index contributed by atoms with van der Waals surface area (Å²) in [5.74, 6) is 1.45.